The number of hydrogen-bond donors (Lipinski definition) is 1. The van der Waals surface area contributed by atoms with Gasteiger partial charge < -0.3 is 19.3 Å². The molecule has 0 fully saturated rings. The predicted octanol–water partition coefficient (Wildman–Crippen LogP) is 4.25. The van der Waals surface area contributed by atoms with Gasteiger partial charge in [-0.15, -0.1) is 0 Å². The molecule has 2 aromatic rings. The Kier molecular flexibility index (Phi) is 15.2. The van der Waals surface area contributed by atoms with Crippen molar-refractivity contribution in [3.05, 3.63) is 51.6 Å². The van der Waals surface area contributed by atoms with Crippen LogP contribution >= 0.6 is 31.9 Å². The van der Waals surface area contributed by atoms with E-state index < -0.39 is 5.95 Å². The topological polar surface area (TPSA) is 73.7 Å². The fourth-order valence-electron chi connectivity index (χ4n) is 1.54. The van der Waals surface area contributed by atoms with Gasteiger partial charge in [-0.05, 0) is 26.0 Å². The molecular formula is C18H25Br2FN2O4. The summed E-state index contributed by atoms with van der Waals surface area (Å²) in [6, 6.07) is 6.66. The zero-order valence-corrected chi connectivity index (χ0v) is 18.9. The highest BCUT2D eigenvalue weighted by atomic mass is 79.9. The Hall–Kier alpha value is -1.13. The van der Waals surface area contributed by atoms with E-state index in [1.54, 1.807) is 33.4 Å². The summed E-state index contributed by atoms with van der Waals surface area (Å²) in [6.07, 6.45) is 2.79. The SMILES string of the molecule is COCC(C)O.COCC(C)Oc1cc(Br)ccn1.Fc1cc(Br)ccn1. The van der Waals surface area contributed by atoms with E-state index in [1.165, 1.54) is 12.3 Å². The third-order valence-electron chi connectivity index (χ3n) is 2.52. The molecule has 0 aromatic carbocycles. The summed E-state index contributed by atoms with van der Waals surface area (Å²) in [5.74, 6) is 0.151. The van der Waals surface area contributed by atoms with E-state index in [0.29, 0.717) is 23.6 Å². The Labute approximate surface area is 176 Å². The second-order valence-corrected chi connectivity index (χ2v) is 7.13. The Morgan fingerprint density at radius 2 is 1.56 bits per heavy atom. The van der Waals surface area contributed by atoms with Crippen molar-refractivity contribution in [3.63, 3.8) is 0 Å². The summed E-state index contributed by atoms with van der Waals surface area (Å²) >= 11 is 6.42. The van der Waals surface area contributed by atoms with E-state index >= 15 is 0 Å². The molecule has 152 valence electrons. The third kappa shape index (κ3) is 15.6. The van der Waals surface area contributed by atoms with Gasteiger partial charge in [0.15, 0.2) is 0 Å². The minimum absolute atomic E-state index is 0.0202. The van der Waals surface area contributed by atoms with Crippen LogP contribution in [0.1, 0.15) is 13.8 Å². The molecule has 1 N–H and O–H groups in total. The van der Waals surface area contributed by atoms with Gasteiger partial charge in [0.2, 0.25) is 11.8 Å². The number of nitrogens with zero attached hydrogens (tertiary/aromatic N) is 2. The lowest BCUT2D eigenvalue weighted by Gasteiger charge is -2.12. The Morgan fingerprint density at radius 3 is 1.93 bits per heavy atom. The van der Waals surface area contributed by atoms with Gasteiger partial charge in [-0.1, -0.05) is 31.9 Å². The highest BCUT2D eigenvalue weighted by Crippen LogP contribution is 2.15. The van der Waals surface area contributed by atoms with Crippen LogP contribution in [-0.4, -0.2) is 54.7 Å². The number of aliphatic hydroxyl groups is 1. The van der Waals surface area contributed by atoms with Crippen molar-refractivity contribution < 1.29 is 23.7 Å². The minimum Gasteiger partial charge on any atom is -0.472 e. The summed E-state index contributed by atoms with van der Waals surface area (Å²) in [5.41, 5.74) is 0. The lowest BCUT2D eigenvalue weighted by molar-refractivity contribution is 0.0765. The maximum atomic E-state index is 12.0. The monoisotopic (exact) mass is 510 g/mol. The van der Waals surface area contributed by atoms with Crippen LogP contribution in [-0.2, 0) is 9.47 Å². The van der Waals surface area contributed by atoms with Crippen LogP contribution in [0.5, 0.6) is 5.88 Å². The van der Waals surface area contributed by atoms with E-state index in [4.69, 9.17) is 14.6 Å². The van der Waals surface area contributed by atoms with Gasteiger partial charge >= 0.3 is 0 Å². The van der Waals surface area contributed by atoms with Gasteiger partial charge in [-0.2, -0.15) is 4.39 Å². The number of ether oxygens (including phenoxy) is 3. The van der Waals surface area contributed by atoms with Crippen LogP contribution in [0.3, 0.4) is 0 Å². The molecule has 0 aliphatic carbocycles. The molecule has 0 saturated carbocycles. The minimum atomic E-state index is -0.459. The highest BCUT2D eigenvalue weighted by molar-refractivity contribution is 9.10. The average molecular weight is 512 g/mol. The van der Waals surface area contributed by atoms with Gasteiger partial charge in [0.05, 0.1) is 19.3 Å². The molecule has 0 spiro atoms. The van der Waals surface area contributed by atoms with Crippen molar-refractivity contribution in [1.82, 2.24) is 9.97 Å². The molecule has 0 bridgehead atoms. The number of halogens is 3. The molecule has 2 unspecified atom stereocenters. The normalized spacial score (nSPS) is 12.0. The molecule has 2 atom stereocenters. The molecule has 27 heavy (non-hydrogen) atoms. The van der Waals surface area contributed by atoms with Gasteiger partial charge in [-0.25, -0.2) is 9.97 Å². The fourth-order valence-corrected chi connectivity index (χ4v) is 2.17. The van der Waals surface area contributed by atoms with E-state index in [0.717, 1.165) is 4.47 Å². The van der Waals surface area contributed by atoms with Crippen molar-refractivity contribution in [2.75, 3.05) is 27.4 Å². The van der Waals surface area contributed by atoms with Crippen LogP contribution in [0.4, 0.5) is 4.39 Å². The molecule has 0 aliphatic rings. The molecule has 2 heterocycles. The first-order valence-electron chi connectivity index (χ1n) is 7.99. The number of methoxy groups -OCH3 is 2. The van der Waals surface area contributed by atoms with Crippen molar-refractivity contribution in [2.24, 2.45) is 0 Å². The van der Waals surface area contributed by atoms with E-state index in [-0.39, 0.29) is 12.2 Å². The Balaban J connectivity index is 0.000000413. The van der Waals surface area contributed by atoms with E-state index in [9.17, 15) is 4.39 Å². The maximum Gasteiger partial charge on any atom is 0.214 e. The van der Waals surface area contributed by atoms with Gasteiger partial charge in [-0.3, -0.25) is 0 Å². The van der Waals surface area contributed by atoms with Crippen molar-refractivity contribution in [3.8, 4) is 5.88 Å². The Morgan fingerprint density at radius 1 is 1.00 bits per heavy atom. The van der Waals surface area contributed by atoms with Crippen LogP contribution in [0.25, 0.3) is 0 Å². The van der Waals surface area contributed by atoms with Gasteiger partial charge in [0.25, 0.3) is 0 Å². The first-order valence-corrected chi connectivity index (χ1v) is 9.58. The van der Waals surface area contributed by atoms with Crippen molar-refractivity contribution >= 4 is 31.9 Å². The van der Waals surface area contributed by atoms with Crippen LogP contribution < -0.4 is 4.74 Å². The van der Waals surface area contributed by atoms with Crippen LogP contribution in [0.2, 0.25) is 0 Å². The first-order chi connectivity index (χ1) is 12.8. The summed E-state index contributed by atoms with van der Waals surface area (Å²) in [5, 5.41) is 8.43. The molecule has 6 nitrogen and oxygen atoms in total. The zero-order chi connectivity index (χ0) is 20.7. The second kappa shape index (κ2) is 15.9. The maximum absolute atomic E-state index is 12.0. The number of pyridine rings is 2. The summed E-state index contributed by atoms with van der Waals surface area (Å²) < 4.78 is 28.7. The molecule has 0 saturated heterocycles. The van der Waals surface area contributed by atoms with Crippen molar-refractivity contribution in [2.45, 2.75) is 26.1 Å². The van der Waals surface area contributed by atoms with Crippen LogP contribution in [0, 0.1) is 5.95 Å². The van der Waals surface area contributed by atoms with E-state index in [1.807, 2.05) is 19.1 Å². The van der Waals surface area contributed by atoms with Gasteiger partial charge in [0.1, 0.15) is 6.10 Å². The lowest BCUT2D eigenvalue weighted by Crippen LogP contribution is -2.18. The first kappa shape index (κ1) is 25.9. The second-order valence-electron chi connectivity index (χ2n) is 5.30. The molecule has 9 heteroatoms. The molecule has 0 radical (unpaired) electrons. The molecule has 2 rings (SSSR count). The fraction of sp³-hybridized carbons (Fsp3) is 0.444. The standard InChI is InChI=1S/C9H12BrNO2.C5H3BrFN.C4H10O2/c1-7(6-12-2)13-9-5-8(10)3-4-11-9;6-4-1-2-8-5(7)3-4;1-4(5)3-6-2/h3-5,7H,6H2,1-2H3;1-3H;4-5H,3H2,1-2H3. The van der Waals surface area contributed by atoms with Crippen LogP contribution in [0.15, 0.2) is 45.6 Å². The molecule has 0 amide bonds. The zero-order valence-electron chi connectivity index (χ0n) is 15.7. The summed E-state index contributed by atoms with van der Waals surface area (Å²) in [7, 11) is 3.21. The number of rotatable bonds is 6. The number of aromatic nitrogens is 2. The lowest BCUT2D eigenvalue weighted by atomic mass is 10.4. The summed E-state index contributed by atoms with van der Waals surface area (Å²) in [4.78, 5) is 7.40. The quantitative estimate of drug-likeness (QED) is 0.584. The molecular weight excluding hydrogens is 487 g/mol. The summed E-state index contributed by atoms with van der Waals surface area (Å²) in [6.45, 7) is 4.61. The number of aliphatic hydroxyl groups excluding tert-OH is 1. The molecule has 0 aliphatic heterocycles. The third-order valence-corrected chi connectivity index (χ3v) is 3.50. The average Bonchev–Trinajstić information content (AvgIpc) is 2.56. The van der Waals surface area contributed by atoms with Gasteiger partial charge in [0, 0.05) is 47.7 Å². The smallest absolute Gasteiger partial charge is 0.214 e. The largest absolute Gasteiger partial charge is 0.472 e. The van der Waals surface area contributed by atoms with E-state index in [2.05, 4.69) is 46.6 Å². The van der Waals surface area contributed by atoms with Crippen molar-refractivity contribution in [1.29, 1.82) is 0 Å². The number of hydrogen-bond acceptors (Lipinski definition) is 6. The predicted molar refractivity (Wildman–Crippen MR) is 109 cm³/mol. The molecule has 2 aromatic heterocycles. The Bertz CT molecular complexity index is 619. The highest BCUT2D eigenvalue weighted by Gasteiger charge is 2.03.